The number of carbonyl (C=O) groups is 2. The van der Waals surface area contributed by atoms with Gasteiger partial charge in [-0.05, 0) is 38.5 Å². The van der Waals surface area contributed by atoms with Crippen LogP contribution >= 0.6 is 0 Å². The van der Waals surface area contributed by atoms with Crippen molar-refractivity contribution in [2.45, 2.75) is 65.5 Å². The number of rotatable bonds is 5. The molecule has 0 atom stereocenters. The van der Waals surface area contributed by atoms with Crippen LogP contribution in [0.25, 0.3) is 0 Å². The Hall–Kier alpha value is -1.26. The standard InChI is InChI=1S/C14H27N3O2/c1-13(2,3)9-14(4,5)17-11(18)8-15-12(19)16-10-6-7-10/h10H,6-9H2,1-5H3,(H,17,18)(H2,15,16,19). The van der Waals surface area contributed by atoms with Gasteiger partial charge in [0.1, 0.15) is 0 Å². The van der Waals surface area contributed by atoms with Crippen LogP contribution in [0.4, 0.5) is 4.79 Å². The third-order valence-electron chi connectivity index (χ3n) is 2.77. The summed E-state index contributed by atoms with van der Waals surface area (Å²) in [7, 11) is 0. The molecular formula is C14H27N3O2. The minimum Gasteiger partial charge on any atom is -0.350 e. The summed E-state index contributed by atoms with van der Waals surface area (Å²) in [5.74, 6) is -0.153. The van der Waals surface area contributed by atoms with Gasteiger partial charge in [-0.3, -0.25) is 4.79 Å². The van der Waals surface area contributed by atoms with Crippen LogP contribution in [0.3, 0.4) is 0 Å². The molecule has 3 amide bonds. The van der Waals surface area contributed by atoms with Crippen LogP contribution in [0.5, 0.6) is 0 Å². The highest BCUT2D eigenvalue weighted by Gasteiger charge is 2.27. The highest BCUT2D eigenvalue weighted by molar-refractivity contribution is 5.84. The van der Waals surface area contributed by atoms with Crippen molar-refractivity contribution in [2.24, 2.45) is 5.41 Å². The quantitative estimate of drug-likeness (QED) is 0.712. The third-order valence-corrected chi connectivity index (χ3v) is 2.77. The molecule has 0 radical (unpaired) electrons. The van der Waals surface area contributed by atoms with E-state index in [9.17, 15) is 9.59 Å². The zero-order chi connectivity index (χ0) is 14.7. The molecule has 0 aromatic rings. The number of hydrogen-bond acceptors (Lipinski definition) is 2. The molecule has 0 aromatic heterocycles. The van der Waals surface area contributed by atoms with Gasteiger partial charge in [0, 0.05) is 11.6 Å². The number of nitrogens with one attached hydrogen (secondary N) is 3. The summed E-state index contributed by atoms with van der Waals surface area (Å²) in [5.41, 5.74) is -0.127. The number of amides is 3. The lowest BCUT2D eigenvalue weighted by atomic mass is 9.82. The number of urea groups is 1. The fraction of sp³-hybridized carbons (Fsp3) is 0.857. The monoisotopic (exact) mass is 269 g/mol. The number of hydrogen-bond donors (Lipinski definition) is 3. The van der Waals surface area contributed by atoms with Crippen LogP contribution in [0, 0.1) is 5.41 Å². The fourth-order valence-corrected chi connectivity index (χ4v) is 2.42. The normalized spacial score (nSPS) is 15.8. The average molecular weight is 269 g/mol. The molecule has 0 bridgehead atoms. The molecule has 1 rings (SSSR count). The van der Waals surface area contributed by atoms with E-state index in [4.69, 9.17) is 0 Å². The molecule has 0 saturated heterocycles. The van der Waals surface area contributed by atoms with E-state index < -0.39 is 0 Å². The predicted octanol–water partition coefficient (Wildman–Crippen LogP) is 1.78. The van der Waals surface area contributed by atoms with E-state index in [1.807, 2.05) is 13.8 Å². The van der Waals surface area contributed by atoms with Crippen molar-refractivity contribution in [1.29, 1.82) is 0 Å². The van der Waals surface area contributed by atoms with E-state index in [0.29, 0.717) is 6.04 Å². The van der Waals surface area contributed by atoms with E-state index in [0.717, 1.165) is 19.3 Å². The SMILES string of the molecule is CC(C)(C)CC(C)(C)NC(=O)CNC(=O)NC1CC1. The van der Waals surface area contributed by atoms with E-state index in [1.54, 1.807) is 0 Å². The van der Waals surface area contributed by atoms with Crippen LogP contribution in [-0.4, -0.2) is 30.1 Å². The van der Waals surface area contributed by atoms with Crippen LogP contribution in [0.15, 0.2) is 0 Å². The maximum atomic E-state index is 11.8. The first-order valence-electron chi connectivity index (χ1n) is 6.93. The van der Waals surface area contributed by atoms with E-state index >= 15 is 0 Å². The number of carbonyl (C=O) groups excluding carboxylic acids is 2. The van der Waals surface area contributed by atoms with Crippen molar-refractivity contribution in [3.8, 4) is 0 Å². The average Bonchev–Trinajstić information content (AvgIpc) is 2.93. The zero-order valence-corrected chi connectivity index (χ0v) is 12.7. The molecule has 1 fully saturated rings. The van der Waals surface area contributed by atoms with Crippen molar-refractivity contribution in [1.82, 2.24) is 16.0 Å². The Morgan fingerprint density at radius 1 is 1.11 bits per heavy atom. The van der Waals surface area contributed by atoms with Crippen molar-refractivity contribution >= 4 is 11.9 Å². The topological polar surface area (TPSA) is 70.2 Å². The minimum atomic E-state index is -0.274. The summed E-state index contributed by atoms with van der Waals surface area (Å²) in [6, 6.07) is 0.0478. The highest BCUT2D eigenvalue weighted by atomic mass is 16.2. The first-order valence-corrected chi connectivity index (χ1v) is 6.93. The van der Waals surface area contributed by atoms with Crippen molar-refractivity contribution in [3.05, 3.63) is 0 Å². The van der Waals surface area contributed by atoms with E-state index in [2.05, 4.69) is 36.7 Å². The lowest BCUT2D eigenvalue weighted by Gasteiger charge is -2.33. The van der Waals surface area contributed by atoms with E-state index in [1.165, 1.54) is 0 Å². The Balaban J connectivity index is 2.26. The molecular weight excluding hydrogens is 242 g/mol. The predicted molar refractivity (Wildman–Crippen MR) is 75.9 cm³/mol. The summed E-state index contributed by atoms with van der Waals surface area (Å²) >= 11 is 0. The third kappa shape index (κ3) is 7.70. The van der Waals surface area contributed by atoms with Gasteiger partial charge in [-0.2, -0.15) is 0 Å². The lowest BCUT2D eigenvalue weighted by molar-refractivity contribution is -0.121. The first-order chi connectivity index (χ1) is 8.57. The largest absolute Gasteiger partial charge is 0.350 e. The van der Waals surface area contributed by atoms with Gasteiger partial charge >= 0.3 is 6.03 Å². The van der Waals surface area contributed by atoms with Gasteiger partial charge < -0.3 is 16.0 Å². The van der Waals surface area contributed by atoms with Crippen LogP contribution in [0.1, 0.15) is 53.9 Å². The summed E-state index contributed by atoms with van der Waals surface area (Å²) in [6.45, 7) is 10.4. The Morgan fingerprint density at radius 3 is 2.16 bits per heavy atom. The summed E-state index contributed by atoms with van der Waals surface area (Å²) in [5, 5.41) is 8.31. The minimum absolute atomic E-state index is 0.0200. The van der Waals surface area contributed by atoms with Crippen molar-refractivity contribution in [3.63, 3.8) is 0 Å². The first kappa shape index (κ1) is 15.8. The molecule has 0 unspecified atom stereocenters. The van der Waals surface area contributed by atoms with Crippen molar-refractivity contribution < 1.29 is 9.59 Å². The van der Waals surface area contributed by atoms with E-state index in [-0.39, 0.29) is 29.4 Å². The van der Waals surface area contributed by atoms with Crippen LogP contribution in [-0.2, 0) is 4.79 Å². The molecule has 0 spiro atoms. The van der Waals surface area contributed by atoms with Gasteiger partial charge in [0.2, 0.25) is 5.91 Å². The fourth-order valence-electron chi connectivity index (χ4n) is 2.42. The summed E-state index contributed by atoms with van der Waals surface area (Å²) < 4.78 is 0. The van der Waals surface area contributed by atoms with Crippen molar-refractivity contribution in [2.75, 3.05) is 6.54 Å². The molecule has 1 aliphatic rings. The molecule has 19 heavy (non-hydrogen) atoms. The lowest BCUT2D eigenvalue weighted by Crippen LogP contribution is -2.50. The van der Waals surface area contributed by atoms with Gasteiger partial charge in [-0.15, -0.1) is 0 Å². The Morgan fingerprint density at radius 2 is 1.68 bits per heavy atom. The van der Waals surface area contributed by atoms with Gasteiger partial charge in [-0.25, -0.2) is 4.79 Å². The highest BCUT2D eigenvalue weighted by Crippen LogP contribution is 2.26. The van der Waals surface area contributed by atoms with Crippen LogP contribution in [0.2, 0.25) is 0 Å². The molecule has 0 heterocycles. The van der Waals surface area contributed by atoms with Gasteiger partial charge in [0.05, 0.1) is 6.54 Å². The van der Waals surface area contributed by atoms with Gasteiger partial charge in [0.15, 0.2) is 0 Å². The maximum absolute atomic E-state index is 11.8. The Kier molecular flexibility index (Phi) is 4.82. The summed E-state index contributed by atoms with van der Waals surface area (Å²) in [6.07, 6.45) is 2.95. The van der Waals surface area contributed by atoms with Crippen LogP contribution < -0.4 is 16.0 Å². The molecule has 3 N–H and O–H groups in total. The molecule has 1 saturated carbocycles. The second kappa shape index (κ2) is 5.80. The van der Waals surface area contributed by atoms with Gasteiger partial charge in [-0.1, -0.05) is 20.8 Å². The molecule has 0 aliphatic heterocycles. The molecule has 1 aliphatic carbocycles. The van der Waals surface area contributed by atoms with Gasteiger partial charge in [0.25, 0.3) is 0 Å². The maximum Gasteiger partial charge on any atom is 0.315 e. The Bertz CT molecular complexity index is 341. The Labute approximate surface area is 115 Å². The second-order valence-corrected chi connectivity index (χ2v) is 7.27. The molecule has 0 aromatic carbocycles. The second-order valence-electron chi connectivity index (χ2n) is 7.27. The molecule has 5 heteroatoms. The molecule has 5 nitrogen and oxygen atoms in total. The smallest absolute Gasteiger partial charge is 0.315 e. The zero-order valence-electron chi connectivity index (χ0n) is 12.7. The summed E-state index contributed by atoms with van der Waals surface area (Å²) in [4.78, 5) is 23.2. The molecule has 110 valence electrons.